The first-order valence-electron chi connectivity index (χ1n) is 10.8. The van der Waals surface area contributed by atoms with E-state index in [-0.39, 0.29) is 5.41 Å². The third kappa shape index (κ3) is 6.19. The molecule has 0 spiro atoms. The Bertz CT molecular complexity index is 1060. The molecule has 33 heavy (non-hydrogen) atoms. The Morgan fingerprint density at radius 2 is 1.12 bits per heavy atom. The van der Waals surface area contributed by atoms with Gasteiger partial charge in [0.05, 0.1) is 0 Å². The molecule has 0 heterocycles. The van der Waals surface area contributed by atoms with Gasteiger partial charge in [-0.3, -0.25) is 0 Å². The summed E-state index contributed by atoms with van der Waals surface area (Å²) < 4.78 is 11.0. The Morgan fingerprint density at radius 3 is 1.42 bits per heavy atom. The number of carbonyl (C=O) groups excluding carboxylic acids is 2. The van der Waals surface area contributed by atoms with Crippen molar-refractivity contribution in [2.24, 2.45) is 0 Å². The van der Waals surface area contributed by atoms with E-state index >= 15 is 0 Å². The summed E-state index contributed by atoms with van der Waals surface area (Å²) in [7, 11) is 0. The van der Waals surface area contributed by atoms with Gasteiger partial charge in [-0.05, 0) is 63.1 Å². The van der Waals surface area contributed by atoms with Crippen molar-refractivity contribution in [3.05, 3.63) is 95.1 Å². The van der Waals surface area contributed by atoms with E-state index in [2.05, 4.69) is 27.0 Å². The second-order valence-corrected chi connectivity index (χ2v) is 8.47. The van der Waals surface area contributed by atoms with Gasteiger partial charge >= 0.3 is 11.9 Å². The molecule has 0 unspecified atom stereocenters. The van der Waals surface area contributed by atoms with Gasteiger partial charge in [-0.1, -0.05) is 63.4 Å². The van der Waals surface area contributed by atoms with Crippen molar-refractivity contribution in [1.29, 1.82) is 0 Å². The van der Waals surface area contributed by atoms with Gasteiger partial charge in [-0.15, -0.1) is 0 Å². The van der Waals surface area contributed by atoms with E-state index in [4.69, 9.17) is 9.47 Å². The van der Waals surface area contributed by atoms with Crippen LogP contribution in [0.4, 0.5) is 0 Å². The van der Waals surface area contributed by atoms with Crippen LogP contribution in [0.2, 0.25) is 0 Å². The molecule has 0 saturated carbocycles. The number of benzene rings is 2. The van der Waals surface area contributed by atoms with Crippen LogP contribution < -0.4 is 9.47 Å². The van der Waals surface area contributed by atoms with Gasteiger partial charge in [0.15, 0.2) is 0 Å². The molecule has 0 bridgehead atoms. The van der Waals surface area contributed by atoms with Gasteiger partial charge in [-0.2, -0.15) is 0 Å². The maximum atomic E-state index is 12.0. The summed E-state index contributed by atoms with van der Waals surface area (Å²) in [4.78, 5) is 24.1. The van der Waals surface area contributed by atoms with Crippen molar-refractivity contribution in [3.8, 4) is 11.5 Å². The van der Waals surface area contributed by atoms with Crippen molar-refractivity contribution in [2.75, 3.05) is 0 Å². The molecular weight excluding hydrogens is 412 g/mol. The molecule has 2 aromatic carbocycles. The Morgan fingerprint density at radius 1 is 0.758 bits per heavy atom. The number of ether oxygens (including phenoxy) is 2. The highest BCUT2D eigenvalue weighted by molar-refractivity contribution is 5.90. The molecule has 2 rings (SSSR count). The van der Waals surface area contributed by atoms with Crippen LogP contribution >= 0.6 is 0 Å². The standard InChI is InChI=1S/C29H32O4/c1-9-11-21-17-23(13-15-25(21)32-27(30)19(3)4)29(7,8)24-14-16-26(22(18-24)12-10-2)33-28(31)20(5)6/h9-18H,3,5H2,1-2,4,6-8H3. The van der Waals surface area contributed by atoms with Crippen molar-refractivity contribution in [2.45, 2.75) is 47.0 Å². The van der Waals surface area contributed by atoms with Crippen LogP contribution in [0.3, 0.4) is 0 Å². The highest BCUT2D eigenvalue weighted by Gasteiger charge is 2.25. The molecular formula is C29H32O4. The first kappa shape index (κ1) is 25.6. The Kier molecular flexibility index (Phi) is 8.36. The van der Waals surface area contributed by atoms with Gasteiger partial charge in [0, 0.05) is 27.7 Å². The highest BCUT2D eigenvalue weighted by atomic mass is 16.5. The zero-order chi connectivity index (χ0) is 24.8. The van der Waals surface area contributed by atoms with Crippen LogP contribution in [0, 0.1) is 0 Å². The summed E-state index contributed by atoms with van der Waals surface area (Å²) in [5, 5.41) is 0. The summed E-state index contributed by atoms with van der Waals surface area (Å²) in [5.41, 5.74) is 4.01. The predicted molar refractivity (Wildman–Crippen MR) is 135 cm³/mol. The summed E-state index contributed by atoms with van der Waals surface area (Å²) in [6, 6.07) is 11.6. The van der Waals surface area contributed by atoms with E-state index in [1.165, 1.54) is 0 Å². The lowest BCUT2D eigenvalue weighted by Crippen LogP contribution is -2.20. The Hall–Kier alpha value is -3.66. The largest absolute Gasteiger partial charge is 0.423 e. The number of hydrogen-bond acceptors (Lipinski definition) is 4. The first-order chi connectivity index (χ1) is 15.5. The molecule has 0 fully saturated rings. The fourth-order valence-electron chi connectivity index (χ4n) is 3.22. The van der Waals surface area contributed by atoms with Crippen molar-refractivity contribution < 1.29 is 19.1 Å². The fourth-order valence-corrected chi connectivity index (χ4v) is 3.22. The van der Waals surface area contributed by atoms with Gasteiger partial charge in [0.2, 0.25) is 0 Å². The molecule has 172 valence electrons. The van der Waals surface area contributed by atoms with E-state index in [0.717, 1.165) is 22.3 Å². The summed E-state index contributed by atoms with van der Waals surface area (Å²) in [6.45, 7) is 18.6. The monoisotopic (exact) mass is 444 g/mol. The Balaban J connectivity index is 2.51. The lowest BCUT2D eigenvalue weighted by atomic mass is 9.77. The number of rotatable bonds is 8. The van der Waals surface area contributed by atoms with Crippen LogP contribution in [0.25, 0.3) is 12.2 Å². The van der Waals surface area contributed by atoms with Gasteiger partial charge in [0.1, 0.15) is 11.5 Å². The van der Waals surface area contributed by atoms with Gasteiger partial charge in [0.25, 0.3) is 0 Å². The van der Waals surface area contributed by atoms with Crippen LogP contribution in [-0.4, -0.2) is 11.9 Å². The summed E-state index contributed by atoms with van der Waals surface area (Å²) >= 11 is 0. The number of esters is 2. The molecule has 4 nitrogen and oxygen atoms in total. The van der Waals surface area contributed by atoms with E-state index in [0.29, 0.717) is 22.6 Å². The fraction of sp³-hybridized carbons (Fsp3) is 0.241. The lowest BCUT2D eigenvalue weighted by molar-refractivity contribution is -0.130. The van der Waals surface area contributed by atoms with Crippen molar-refractivity contribution in [1.82, 2.24) is 0 Å². The van der Waals surface area contributed by atoms with Crippen LogP contribution in [0.1, 0.15) is 63.8 Å². The van der Waals surface area contributed by atoms with Crippen LogP contribution in [-0.2, 0) is 15.0 Å². The molecule has 0 aliphatic heterocycles. The number of allylic oxidation sites excluding steroid dienone is 2. The lowest BCUT2D eigenvalue weighted by Gasteiger charge is -2.28. The average molecular weight is 445 g/mol. The maximum Gasteiger partial charge on any atom is 0.338 e. The number of hydrogen-bond donors (Lipinski definition) is 0. The maximum absolute atomic E-state index is 12.0. The molecule has 0 radical (unpaired) electrons. The molecule has 0 N–H and O–H groups in total. The molecule has 0 saturated heterocycles. The minimum atomic E-state index is -0.455. The number of carbonyl (C=O) groups is 2. The van der Waals surface area contributed by atoms with E-state index < -0.39 is 11.9 Å². The molecule has 0 aliphatic rings. The average Bonchev–Trinajstić information content (AvgIpc) is 2.76. The zero-order valence-corrected chi connectivity index (χ0v) is 20.3. The third-order valence-electron chi connectivity index (χ3n) is 5.26. The molecule has 0 aromatic heterocycles. The normalized spacial score (nSPS) is 11.6. The van der Waals surface area contributed by atoms with E-state index in [1.807, 2.05) is 74.5 Å². The minimum Gasteiger partial charge on any atom is -0.423 e. The minimum absolute atomic E-state index is 0.342. The van der Waals surface area contributed by atoms with Crippen molar-refractivity contribution >= 4 is 24.1 Å². The molecule has 0 atom stereocenters. The zero-order valence-electron chi connectivity index (χ0n) is 20.3. The SMILES string of the molecule is C=C(C)C(=O)Oc1ccc(C(C)(C)c2ccc(OC(=O)C(=C)C)c(C=CC)c2)cc1C=CC. The second kappa shape index (κ2) is 10.8. The quantitative estimate of drug-likeness (QED) is 0.249. The van der Waals surface area contributed by atoms with Crippen molar-refractivity contribution in [3.63, 3.8) is 0 Å². The second-order valence-electron chi connectivity index (χ2n) is 8.47. The summed E-state index contributed by atoms with van der Waals surface area (Å²) in [6.07, 6.45) is 7.62. The first-order valence-corrected chi connectivity index (χ1v) is 10.8. The predicted octanol–water partition coefficient (Wildman–Crippen LogP) is 7.04. The van der Waals surface area contributed by atoms with Crippen LogP contribution in [0.15, 0.2) is 72.9 Å². The molecule has 0 aliphatic carbocycles. The van der Waals surface area contributed by atoms with Gasteiger partial charge < -0.3 is 9.47 Å². The topological polar surface area (TPSA) is 52.6 Å². The molecule has 4 heteroatoms. The Labute approximate surface area is 196 Å². The van der Waals surface area contributed by atoms with E-state index in [1.54, 1.807) is 13.8 Å². The van der Waals surface area contributed by atoms with Crippen LogP contribution in [0.5, 0.6) is 11.5 Å². The smallest absolute Gasteiger partial charge is 0.338 e. The molecule has 2 aromatic rings. The van der Waals surface area contributed by atoms with E-state index in [9.17, 15) is 9.59 Å². The third-order valence-corrected chi connectivity index (χ3v) is 5.26. The highest BCUT2D eigenvalue weighted by Crippen LogP contribution is 2.37. The summed E-state index contributed by atoms with van der Waals surface area (Å²) in [5.74, 6) is 0.0573. The van der Waals surface area contributed by atoms with Gasteiger partial charge in [-0.25, -0.2) is 9.59 Å². The molecule has 0 amide bonds.